The molecule has 0 aliphatic carbocycles. The number of nitrogens with one attached hydrogen (secondary N) is 2. The SMILES string of the molecule is O=C(NCCCO)c1ccc2c(c1)NCC2. The van der Waals surface area contributed by atoms with Crippen molar-refractivity contribution in [2.75, 3.05) is 25.0 Å². The number of carbonyl (C=O) groups is 1. The average molecular weight is 220 g/mol. The normalized spacial score (nSPS) is 13.1. The van der Waals surface area contributed by atoms with Crippen molar-refractivity contribution in [2.24, 2.45) is 0 Å². The van der Waals surface area contributed by atoms with Gasteiger partial charge in [-0.1, -0.05) is 6.07 Å². The van der Waals surface area contributed by atoms with Gasteiger partial charge in [0.15, 0.2) is 0 Å². The Kier molecular flexibility index (Phi) is 3.41. The molecule has 86 valence electrons. The molecular weight excluding hydrogens is 204 g/mol. The van der Waals surface area contributed by atoms with Crippen molar-refractivity contribution in [1.82, 2.24) is 5.32 Å². The Labute approximate surface area is 94.7 Å². The summed E-state index contributed by atoms with van der Waals surface area (Å²) in [6.45, 7) is 1.57. The minimum absolute atomic E-state index is 0.0787. The molecule has 1 aliphatic heterocycles. The van der Waals surface area contributed by atoms with E-state index < -0.39 is 0 Å². The highest BCUT2D eigenvalue weighted by Crippen LogP contribution is 2.22. The van der Waals surface area contributed by atoms with E-state index in [2.05, 4.69) is 10.6 Å². The van der Waals surface area contributed by atoms with Gasteiger partial charge in [-0.05, 0) is 30.5 Å². The van der Waals surface area contributed by atoms with Crippen LogP contribution in [0.4, 0.5) is 5.69 Å². The molecule has 4 heteroatoms. The van der Waals surface area contributed by atoms with E-state index in [0.29, 0.717) is 18.5 Å². The maximum atomic E-state index is 11.7. The maximum Gasteiger partial charge on any atom is 0.251 e. The molecule has 0 radical (unpaired) electrons. The molecule has 1 amide bonds. The molecule has 1 heterocycles. The highest BCUT2D eigenvalue weighted by Gasteiger charge is 2.12. The summed E-state index contributed by atoms with van der Waals surface area (Å²) in [6, 6.07) is 5.73. The Hall–Kier alpha value is -1.55. The maximum absolute atomic E-state index is 11.7. The second kappa shape index (κ2) is 4.99. The van der Waals surface area contributed by atoms with Gasteiger partial charge in [0.2, 0.25) is 0 Å². The third-order valence-corrected chi connectivity index (χ3v) is 2.70. The van der Waals surface area contributed by atoms with Crippen molar-refractivity contribution in [3.05, 3.63) is 29.3 Å². The van der Waals surface area contributed by atoms with E-state index in [-0.39, 0.29) is 12.5 Å². The van der Waals surface area contributed by atoms with Gasteiger partial charge >= 0.3 is 0 Å². The lowest BCUT2D eigenvalue weighted by atomic mass is 10.1. The molecule has 3 N–H and O–H groups in total. The van der Waals surface area contributed by atoms with Crippen molar-refractivity contribution < 1.29 is 9.90 Å². The number of rotatable bonds is 4. The van der Waals surface area contributed by atoms with Crippen molar-refractivity contribution in [1.29, 1.82) is 0 Å². The standard InChI is InChI=1S/C12H16N2O2/c15-7-1-5-14-12(16)10-3-2-9-4-6-13-11(9)8-10/h2-3,8,13,15H,1,4-7H2,(H,14,16). The van der Waals surface area contributed by atoms with Crippen molar-refractivity contribution >= 4 is 11.6 Å². The van der Waals surface area contributed by atoms with Gasteiger partial charge in [-0.2, -0.15) is 0 Å². The first-order chi connectivity index (χ1) is 7.81. The zero-order valence-corrected chi connectivity index (χ0v) is 9.12. The summed E-state index contributed by atoms with van der Waals surface area (Å²) >= 11 is 0. The van der Waals surface area contributed by atoms with E-state index in [0.717, 1.165) is 18.7 Å². The van der Waals surface area contributed by atoms with Gasteiger partial charge in [0.05, 0.1) is 0 Å². The van der Waals surface area contributed by atoms with E-state index in [4.69, 9.17) is 5.11 Å². The second-order valence-electron chi connectivity index (χ2n) is 3.88. The summed E-state index contributed by atoms with van der Waals surface area (Å²) in [6.07, 6.45) is 1.62. The molecule has 4 nitrogen and oxygen atoms in total. The number of hydrogen-bond donors (Lipinski definition) is 3. The first-order valence-corrected chi connectivity index (χ1v) is 5.57. The minimum atomic E-state index is -0.0787. The van der Waals surface area contributed by atoms with Crippen LogP contribution in [0.15, 0.2) is 18.2 Å². The zero-order valence-electron chi connectivity index (χ0n) is 9.12. The molecular formula is C12H16N2O2. The number of anilines is 1. The van der Waals surface area contributed by atoms with Crippen LogP contribution in [0.25, 0.3) is 0 Å². The smallest absolute Gasteiger partial charge is 0.251 e. The number of benzene rings is 1. The lowest BCUT2D eigenvalue weighted by Gasteiger charge is -2.06. The lowest BCUT2D eigenvalue weighted by molar-refractivity contribution is 0.0951. The van der Waals surface area contributed by atoms with Gasteiger partial charge in [0.1, 0.15) is 0 Å². The Morgan fingerprint density at radius 2 is 2.38 bits per heavy atom. The minimum Gasteiger partial charge on any atom is -0.396 e. The van der Waals surface area contributed by atoms with Crippen LogP contribution in [0.3, 0.4) is 0 Å². The molecule has 1 aliphatic rings. The summed E-state index contributed by atoms with van der Waals surface area (Å²) < 4.78 is 0. The fraction of sp³-hybridized carbons (Fsp3) is 0.417. The fourth-order valence-electron chi connectivity index (χ4n) is 1.82. The quantitative estimate of drug-likeness (QED) is 0.657. The number of aliphatic hydroxyl groups excluding tert-OH is 1. The molecule has 16 heavy (non-hydrogen) atoms. The van der Waals surface area contributed by atoms with Gasteiger partial charge in [0, 0.05) is 30.9 Å². The van der Waals surface area contributed by atoms with E-state index in [1.54, 1.807) is 0 Å². The zero-order chi connectivity index (χ0) is 11.4. The largest absolute Gasteiger partial charge is 0.396 e. The van der Waals surface area contributed by atoms with Gasteiger partial charge in [-0.3, -0.25) is 4.79 Å². The van der Waals surface area contributed by atoms with Crippen LogP contribution < -0.4 is 10.6 Å². The van der Waals surface area contributed by atoms with E-state index in [9.17, 15) is 4.79 Å². The van der Waals surface area contributed by atoms with Crippen LogP contribution in [-0.2, 0) is 6.42 Å². The molecule has 2 rings (SSSR count). The topological polar surface area (TPSA) is 61.4 Å². The highest BCUT2D eigenvalue weighted by molar-refractivity contribution is 5.95. The Morgan fingerprint density at radius 3 is 3.19 bits per heavy atom. The second-order valence-corrected chi connectivity index (χ2v) is 3.88. The predicted molar refractivity (Wildman–Crippen MR) is 62.7 cm³/mol. The third kappa shape index (κ3) is 2.33. The van der Waals surface area contributed by atoms with Crippen molar-refractivity contribution in [2.45, 2.75) is 12.8 Å². The van der Waals surface area contributed by atoms with Crippen LogP contribution in [0, 0.1) is 0 Å². The highest BCUT2D eigenvalue weighted by atomic mass is 16.3. The van der Waals surface area contributed by atoms with E-state index in [1.165, 1.54) is 5.56 Å². The molecule has 0 saturated carbocycles. The van der Waals surface area contributed by atoms with Crippen LogP contribution in [0.2, 0.25) is 0 Å². The van der Waals surface area contributed by atoms with Crippen molar-refractivity contribution in [3.8, 4) is 0 Å². The lowest BCUT2D eigenvalue weighted by Crippen LogP contribution is -2.25. The molecule has 1 aromatic carbocycles. The molecule has 0 atom stereocenters. The van der Waals surface area contributed by atoms with Crippen LogP contribution in [-0.4, -0.2) is 30.7 Å². The van der Waals surface area contributed by atoms with E-state index >= 15 is 0 Å². The van der Waals surface area contributed by atoms with Gasteiger partial charge in [0.25, 0.3) is 5.91 Å². The summed E-state index contributed by atoms with van der Waals surface area (Å²) in [5.74, 6) is -0.0787. The van der Waals surface area contributed by atoms with Gasteiger partial charge < -0.3 is 15.7 Å². The predicted octanol–water partition coefficient (Wildman–Crippen LogP) is 0.767. The van der Waals surface area contributed by atoms with Crippen molar-refractivity contribution in [3.63, 3.8) is 0 Å². The first kappa shape index (κ1) is 11.0. The molecule has 1 aromatic rings. The number of fused-ring (bicyclic) bond motifs is 1. The molecule has 0 aromatic heterocycles. The van der Waals surface area contributed by atoms with E-state index in [1.807, 2.05) is 18.2 Å². The number of aliphatic hydroxyl groups is 1. The summed E-state index contributed by atoms with van der Waals surface area (Å²) in [5, 5.41) is 14.6. The number of carbonyl (C=O) groups excluding carboxylic acids is 1. The first-order valence-electron chi connectivity index (χ1n) is 5.57. The number of hydrogen-bond acceptors (Lipinski definition) is 3. The summed E-state index contributed by atoms with van der Waals surface area (Å²) in [5.41, 5.74) is 3.01. The number of amides is 1. The molecule has 0 bridgehead atoms. The molecule has 0 unspecified atom stereocenters. The summed E-state index contributed by atoms with van der Waals surface area (Å²) in [4.78, 5) is 11.7. The molecule has 0 fully saturated rings. The van der Waals surface area contributed by atoms with Crippen LogP contribution in [0.1, 0.15) is 22.3 Å². The summed E-state index contributed by atoms with van der Waals surface area (Å²) in [7, 11) is 0. The van der Waals surface area contributed by atoms with Crippen LogP contribution >= 0.6 is 0 Å². The Morgan fingerprint density at radius 1 is 1.50 bits per heavy atom. The Bertz CT molecular complexity index is 391. The average Bonchev–Trinajstić information content (AvgIpc) is 2.76. The Balaban J connectivity index is 2.01. The van der Waals surface area contributed by atoms with Gasteiger partial charge in [-0.25, -0.2) is 0 Å². The molecule has 0 saturated heterocycles. The fourth-order valence-corrected chi connectivity index (χ4v) is 1.82. The monoisotopic (exact) mass is 220 g/mol. The van der Waals surface area contributed by atoms with Gasteiger partial charge in [-0.15, -0.1) is 0 Å². The molecule has 0 spiro atoms. The van der Waals surface area contributed by atoms with Crippen LogP contribution in [0.5, 0.6) is 0 Å². The third-order valence-electron chi connectivity index (χ3n) is 2.70.